The molecule has 2 rings (SSSR count). The van der Waals surface area contributed by atoms with Gasteiger partial charge in [-0.05, 0) is 38.1 Å². The normalized spacial score (nSPS) is 11.1. The highest BCUT2D eigenvalue weighted by Gasteiger charge is 2.08. The molecule has 0 N–H and O–H groups in total. The average Bonchev–Trinajstić information content (AvgIpc) is 2.84. The highest BCUT2D eigenvalue weighted by atomic mass is 28.3. The minimum atomic E-state index is -1.35. The van der Waals surface area contributed by atoms with E-state index < -0.39 is 8.07 Å². The van der Waals surface area contributed by atoms with Gasteiger partial charge in [-0.25, -0.2) is 4.68 Å². The van der Waals surface area contributed by atoms with Crippen molar-refractivity contribution in [3.8, 4) is 22.9 Å². The molecule has 0 aliphatic carbocycles. The first-order chi connectivity index (χ1) is 9.83. The molecule has 0 atom stereocenters. The van der Waals surface area contributed by atoms with Crippen molar-refractivity contribution in [1.29, 1.82) is 0 Å². The van der Waals surface area contributed by atoms with Crippen molar-refractivity contribution in [2.75, 3.05) is 0 Å². The molecule has 0 aliphatic heterocycles. The zero-order valence-electron chi connectivity index (χ0n) is 13.3. The molecule has 0 bridgehead atoms. The molecular formula is C17H22N2OSi. The van der Waals surface area contributed by atoms with Crippen LogP contribution in [0.5, 0.6) is 5.75 Å². The summed E-state index contributed by atoms with van der Waals surface area (Å²) in [4.78, 5) is 0. The molecule has 2 aromatic rings. The molecule has 1 aromatic heterocycles. The van der Waals surface area contributed by atoms with Gasteiger partial charge in [0.25, 0.3) is 0 Å². The van der Waals surface area contributed by atoms with E-state index in [-0.39, 0.29) is 6.10 Å². The van der Waals surface area contributed by atoms with Crippen LogP contribution >= 0.6 is 0 Å². The van der Waals surface area contributed by atoms with E-state index in [0.29, 0.717) is 0 Å². The van der Waals surface area contributed by atoms with Crippen LogP contribution in [0, 0.1) is 11.5 Å². The molecular weight excluding hydrogens is 276 g/mol. The monoisotopic (exact) mass is 298 g/mol. The van der Waals surface area contributed by atoms with Gasteiger partial charge in [-0.15, -0.1) is 5.54 Å². The number of ether oxygens (including phenoxy) is 1. The maximum atomic E-state index is 5.64. The number of benzene rings is 1. The highest BCUT2D eigenvalue weighted by Crippen LogP contribution is 2.16. The Labute approximate surface area is 128 Å². The van der Waals surface area contributed by atoms with E-state index in [2.05, 4.69) is 36.2 Å². The first kappa shape index (κ1) is 15.4. The van der Waals surface area contributed by atoms with Crippen molar-refractivity contribution in [2.24, 2.45) is 0 Å². The number of nitrogens with zero attached hydrogens (tertiary/aromatic N) is 2. The Hall–Kier alpha value is -1.99. The summed E-state index contributed by atoms with van der Waals surface area (Å²) in [5.41, 5.74) is 5.31. The van der Waals surface area contributed by atoms with Crippen LogP contribution in [0.1, 0.15) is 19.4 Å². The van der Waals surface area contributed by atoms with Gasteiger partial charge in [0.2, 0.25) is 0 Å². The van der Waals surface area contributed by atoms with Gasteiger partial charge in [0, 0.05) is 6.20 Å². The molecule has 0 saturated heterocycles. The lowest BCUT2D eigenvalue weighted by molar-refractivity contribution is 0.242. The second-order valence-electron chi connectivity index (χ2n) is 6.33. The molecule has 0 unspecified atom stereocenters. The summed E-state index contributed by atoms with van der Waals surface area (Å²) in [6.45, 7) is 10.7. The second-order valence-corrected chi connectivity index (χ2v) is 11.1. The van der Waals surface area contributed by atoms with Crippen molar-refractivity contribution in [2.45, 2.75) is 39.6 Å². The Bertz CT molecular complexity index is 655. The summed E-state index contributed by atoms with van der Waals surface area (Å²) in [5, 5.41) is 4.37. The van der Waals surface area contributed by atoms with Gasteiger partial charge in [-0.1, -0.05) is 25.6 Å². The van der Waals surface area contributed by atoms with Gasteiger partial charge in [0.1, 0.15) is 13.8 Å². The summed E-state index contributed by atoms with van der Waals surface area (Å²) in [6.07, 6.45) is 3.96. The standard InChI is InChI=1S/C17H22N2OSi/c1-14(2)20-17-8-6-16(7-9-17)19-13-15(12-18-19)10-11-21(3,4)5/h6-9,12-14H,1-5H3. The topological polar surface area (TPSA) is 27.1 Å². The Balaban J connectivity index is 2.15. The molecule has 21 heavy (non-hydrogen) atoms. The van der Waals surface area contributed by atoms with E-state index in [1.807, 2.05) is 55.2 Å². The second kappa shape index (κ2) is 6.19. The fraction of sp³-hybridized carbons (Fsp3) is 0.353. The van der Waals surface area contributed by atoms with Crippen LogP contribution in [0.4, 0.5) is 0 Å². The molecule has 1 aromatic carbocycles. The zero-order chi connectivity index (χ0) is 15.5. The summed E-state index contributed by atoms with van der Waals surface area (Å²) in [5.74, 6) is 4.09. The molecule has 4 heteroatoms. The van der Waals surface area contributed by atoms with Gasteiger partial charge < -0.3 is 4.74 Å². The van der Waals surface area contributed by atoms with Crippen LogP contribution in [0.2, 0.25) is 19.6 Å². The van der Waals surface area contributed by atoms with Crippen LogP contribution in [0.3, 0.4) is 0 Å². The van der Waals surface area contributed by atoms with Crippen LogP contribution in [-0.2, 0) is 0 Å². The Morgan fingerprint density at radius 2 is 1.81 bits per heavy atom. The van der Waals surface area contributed by atoms with Crippen LogP contribution in [-0.4, -0.2) is 24.0 Å². The van der Waals surface area contributed by atoms with Crippen molar-refractivity contribution in [3.05, 3.63) is 42.2 Å². The molecule has 0 spiro atoms. The fourth-order valence-electron chi connectivity index (χ4n) is 1.74. The smallest absolute Gasteiger partial charge is 0.129 e. The van der Waals surface area contributed by atoms with Gasteiger partial charge in [-0.2, -0.15) is 5.10 Å². The van der Waals surface area contributed by atoms with E-state index in [1.165, 1.54) is 0 Å². The lowest BCUT2D eigenvalue weighted by atomic mass is 10.3. The van der Waals surface area contributed by atoms with Crippen LogP contribution in [0.25, 0.3) is 5.69 Å². The molecule has 3 nitrogen and oxygen atoms in total. The maximum Gasteiger partial charge on any atom is 0.129 e. The fourth-order valence-corrected chi connectivity index (χ4v) is 2.26. The van der Waals surface area contributed by atoms with E-state index in [9.17, 15) is 0 Å². The summed E-state index contributed by atoms with van der Waals surface area (Å²) < 4.78 is 7.48. The number of aromatic nitrogens is 2. The van der Waals surface area contributed by atoms with Crippen LogP contribution < -0.4 is 4.74 Å². The van der Waals surface area contributed by atoms with Crippen molar-refractivity contribution in [1.82, 2.24) is 9.78 Å². The third kappa shape index (κ3) is 4.80. The maximum absolute atomic E-state index is 5.64. The Morgan fingerprint density at radius 1 is 1.14 bits per heavy atom. The SMILES string of the molecule is CC(C)Oc1ccc(-n2cc(C#C[Si](C)(C)C)cn2)cc1. The van der Waals surface area contributed by atoms with Gasteiger partial charge in [0.05, 0.1) is 23.6 Å². The Morgan fingerprint density at radius 3 is 2.38 bits per heavy atom. The average molecular weight is 298 g/mol. The number of hydrogen-bond donors (Lipinski definition) is 0. The first-order valence-electron chi connectivity index (χ1n) is 7.18. The van der Waals surface area contributed by atoms with E-state index in [4.69, 9.17) is 4.74 Å². The molecule has 0 fully saturated rings. The lowest BCUT2D eigenvalue weighted by Crippen LogP contribution is -2.16. The van der Waals surface area contributed by atoms with Gasteiger partial charge in [-0.3, -0.25) is 0 Å². The summed E-state index contributed by atoms with van der Waals surface area (Å²) in [6, 6.07) is 7.93. The van der Waals surface area contributed by atoms with E-state index >= 15 is 0 Å². The number of hydrogen-bond acceptors (Lipinski definition) is 2. The minimum Gasteiger partial charge on any atom is -0.491 e. The Kier molecular flexibility index (Phi) is 4.54. The highest BCUT2D eigenvalue weighted by molar-refractivity contribution is 6.83. The molecule has 0 saturated carbocycles. The molecule has 1 heterocycles. The van der Waals surface area contributed by atoms with Gasteiger partial charge >= 0.3 is 0 Å². The number of rotatable bonds is 3. The quantitative estimate of drug-likeness (QED) is 0.635. The predicted octanol–water partition coefficient (Wildman–Crippen LogP) is 3.89. The largest absolute Gasteiger partial charge is 0.491 e. The molecule has 110 valence electrons. The van der Waals surface area contributed by atoms with Gasteiger partial charge in [0.15, 0.2) is 0 Å². The van der Waals surface area contributed by atoms with Crippen molar-refractivity contribution in [3.63, 3.8) is 0 Å². The van der Waals surface area contributed by atoms with Crippen LogP contribution in [0.15, 0.2) is 36.7 Å². The summed E-state index contributed by atoms with van der Waals surface area (Å²) >= 11 is 0. The molecule has 0 aliphatic rings. The first-order valence-corrected chi connectivity index (χ1v) is 10.7. The van der Waals surface area contributed by atoms with Crippen molar-refractivity contribution >= 4 is 8.07 Å². The van der Waals surface area contributed by atoms with E-state index in [1.54, 1.807) is 0 Å². The molecule has 0 amide bonds. The van der Waals surface area contributed by atoms with Crippen molar-refractivity contribution < 1.29 is 4.74 Å². The third-order valence-corrected chi connectivity index (χ3v) is 3.51. The predicted molar refractivity (Wildman–Crippen MR) is 89.6 cm³/mol. The minimum absolute atomic E-state index is 0.184. The third-order valence-electron chi connectivity index (χ3n) is 2.64. The zero-order valence-corrected chi connectivity index (χ0v) is 14.3. The summed E-state index contributed by atoms with van der Waals surface area (Å²) in [7, 11) is -1.35. The van der Waals surface area contributed by atoms with E-state index in [0.717, 1.165) is 17.0 Å². The lowest BCUT2D eigenvalue weighted by Gasteiger charge is -2.09. The molecule has 0 radical (unpaired) electrons.